The summed E-state index contributed by atoms with van der Waals surface area (Å²) < 4.78 is 8.76. The zero-order valence-electron chi connectivity index (χ0n) is 6.84. The van der Waals surface area contributed by atoms with Gasteiger partial charge in [0.1, 0.15) is 0 Å². The van der Waals surface area contributed by atoms with Gasteiger partial charge >= 0.3 is 49.4 Å². The normalized spacial score (nSPS) is 7.64. The van der Waals surface area contributed by atoms with Crippen molar-refractivity contribution in [3.63, 3.8) is 0 Å². The molecule has 0 aromatic carbocycles. The molecule has 69 valence electrons. The van der Waals surface area contributed by atoms with Gasteiger partial charge in [-0.15, -0.1) is 13.2 Å². The van der Waals surface area contributed by atoms with E-state index in [0.717, 1.165) is 0 Å². The molecule has 5 heteroatoms. The molecule has 0 aliphatic carbocycles. The van der Waals surface area contributed by atoms with E-state index in [4.69, 9.17) is 0 Å². The molecular weight excluding hydrogens is 288 g/mol. The Labute approximate surface area is 108 Å². The summed E-state index contributed by atoms with van der Waals surface area (Å²) in [4.78, 5) is 0. The molecule has 11 heavy (non-hydrogen) atoms. The SMILES string of the molecule is COCC[O-].COCC[O-].[Eu+2]. The molecule has 0 fully saturated rings. The molecule has 0 aliphatic rings. The van der Waals surface area contributed by atoms with E-state index in [1.54, 1.807) is 0 Å². The number of rotatable bonds is 4. The maximum Gasteiger partial charge on any atom is 2.00 e. The van der Waals surface area contributed by atoms with Crippen LogP contribution in [0.25, 0.3) is 0 Å². The fourth-order valence-electron chi connectivity index (χ4n) is 0.167. The standard InChI is InChI=1S/2C3H7O2.Eu/c2*1-5-3-2-4;/h2*2-3H2,1H3;/q2*-1;+2. The molecule has 0 aromatic heterocycles. The Bertz CT molecular complexity index is 35.6. The summed E-state index contributed by atoms with van der Waals surface area (Å²) in [6.45, 7) is 0.410. The summed E-state index contributed by atoms with van der Waals surface area (Å²) >= 11 is 0. The summed E-state index contributed by atoms with van der Waals surface area (Å²) in [7, 11) is 3.02. The van der Waals surface area contributed by atoms with Crippen molar-refractivity contribution in [2.75, 3.05) is 40.6 Å². The number of ether oxygens (including phenoxy) is 2. The van der Waals surface area contributed by atoms with E-state index in [1.807, 2.05) is 0 Å². The molecule has 0 heterocycles. The molecule has 0 unspecified atom stereocenters. The topological polar surface area (TPSA) is 64.6 Å². The summed E-state index contributed by atoms with van der Waals surface area (Å²) in [5, 5.41) is 18.8. The summed E-state index contributed by atoms with van der Waals surface area (Å²) in [5.41, 5.74) is 0. The minimum Gasteiger partial charge on any atom is -0.853 e. The monoisotopic (exact) mass is 303 g/mol. The van der Waals surface area contributed by atoms with Gasteiger partial charge in [-0.05, 0) is 0 Å². The summed E-state index contributed by atoms with van der Waals surface area (Å²) in [6, 6.07) is 0. The third-order valence-electron chi connectivity index (χ3n) is 0.575. The maximum atomic E-state index is 9.40. The molecule has 0 saturated heterocycles. The molecule has 0 amide bonds. The van der Waals surface area contributed by atoms with E-state index in [-0.39, 0.29) is 62.6 Å². The van der Waals surface area contributed by atoms with Gasteiger partial charge in [-0.1, -0.05) is 0 Å². The van der Waals surface area contributed by atoms with E-state index in [1.165, 1.54) is 14.2 Å². The molecule has 0 rings (SSSR count). The van der Waals surface area contributed by atoms with Crippen molar-refractivity contribution < 1.29 is 69.1 Å². The smallest absolute Gasteiger partial charge is 0.853 e. The molecule has 0 aromatic rings. The van der Waals surface area contributed by atoms with Crippen LogP contribution in [0.4, 0.5) is 0 Å². The molecule has 0 atom stereocenters. The molecule has 0 bridgehead atoms. The minimum atomic E-state index is -0.128. The first kappa shape index (κ1) is 18.3. The zero-order valence-corrected chi connectivity index (χ0v) is 9.26. The van der Waals surface area contributed by atoms with Gasteiger partial charge in [-0.3, -0.25) is 0 Å². The maximum absolute atomic E-state index is 9.40. The minimum absolute atomic E-state index is 0. The van der Waals surface area contributed by atoms with Gasteiger partial charge in [0, 0.05) is 27.4 Å². The predicted molar refractivity (Wildman–Crippen MR) is 33.5 cm³/mol. The van der Waals surface area contributed by atoms with E-state index in [9.17, 15) is 10.2 Å². The Morgan fingerprint density at radius 3 is 1.18 bits per heavy atom. The van der Waals surface area contributed by atoms with Gasteiger partial charge in [0.05, 0.1) is 0 Å². The summed E-state index contributed by atoms with van der Waals surface area (Å²) in [5.74, 6) is 0. The average molecular weight is 302 g/mol. The number of hydrogen-bond acceptors (Lipinski definition) is 4. The predicted octanol–water partition coefficient (Wildman–Crippen LogP) is -2.01. The van der Waals surface area contributed by atoms with Gasteiger partial charge in [0.25, 0.3) is 0 Å². The summed E-state index contributed by atoms with van der Waals surface area (Å²) in [6.07, 6.45) is 0. The van der Waals surface area contributed by atoms with Crippen molar-refractivity contribution in [3.05, 3.63) is 0 Å². The molecular formula is C6H14EuO4. The second kappa shape index (κ2) is 22.5. The van der Waals surface area contributed by atoms with Crippen molar-refractivity contribution >= 4 is 0 Å². The molecule has 4 nitrogen and oxygen atoms in total. The Morgan fingerprint density at radius 1 is 0.909 bits per heavy atom. The van der Waals surface area contributed by atoms with E-state index in [0.29, 0.717) is 13.2 Å². The average Bonchev–Trinajstić information content (AvgIpc) is 1.93. The molecule has 0 spiro atoms. The first-order valence-electron chi connectivity index (χ1n) is 2.97. The van der Waals surface area contributed by atoms with Crippen LogP contribution in [0.2, 0.25) is 0 Å². The van der Waals surface area contributed by atoms with Crippen LogP contribution in [-0.4, -0.2) is 40.6 Å². The van der Waals surface area contributed by atoms with Crippen LogP contribution < -0.4 is 10.2 Å². The van der Waals surface area contributed by atoms with Crippen LogP contribution in [-0.2, 0) is 9.47 Å². The molecule has 0 aliphatic heterocycles. The largest absolute Gasteiger partial charge is 2.00 e. The van der Waals surface area contributed by atoms with Gasteiger partial charge in [0.15, 0.2) is 0 Å². The quantitative estimate of drug-likeness (QED) is 0.602. The Balaban J connectivity index is -0.000000107. The van der Waals surface area contributed by atoms with Crippen molar-refractivity contribution in [1.29, 1.82) is 0 Å². The third-order valence-corrected chi connectivity index (χ3v) is 0.575. The third kappa shape index (κ3) is 34.5. The van der Waals surface area contributed by atoms with Crippen molar-refractivity contribution in [2.24, 2.45) is 0 Å². The second-order valence-electron chi connectivity index (χ2n) is 1.39. The fourth-order valence-corrected chi connectivity index (χ4v) is 0.167. The van der Waals surface area contributed by atoms with Gasteiger partial charge in [0.2, 0.25) is 0 Å². The van der Waals surface area contributed by atoms with Crippen LogP contribution in [0, 0.1) is 49.4 Å². The van der Waals surface area contributed by atoms with Crippen LogP contribution in [0.3, 0.4) is 0 Å². The first-order valence-corrected chi connectivity index (χ1v) is 2.97. The van der Waals surface area contributed by atoms with Crippen LogP contribution in [0.1, 0.15) is 0 Å². The Morgan fingerprint density at radius 2 is 1.18 bits per heavy atom. The van der Waals surface area contributed by atoms with Crippen molar-refractivity contribution in [1.82, 2.24) is 0 Å². The van der Waals surface area contributed by atoms with Gasteiger partial charge in [-0.25, -0.2) is 0 Å². The van der Waals surface area contributed by atoms with E-state index < -0.39 is 0 Å². The second-order valence-corrected chi connectivity index (χ2v) is 1.39. The van der Waals surface area contributed by atoms with Crippen molar-refractivity contribution in [3.8, 4) is 0 Å². The van der Waals surface area contributed by atoms with Crippen LogP contribution in [0.5, 0.6) is 0 Å². The fraction of sp³-hybridized carbons (Fsp3) is 1.00. The number of methoxy groups -OCH3 is 2. The Kier molecular flexibility index (Phi) is 37.4. The van der Waals surface area contributed by atoms with Crippen molar-refractivity contribution in [2.45, 2.75) is 0 Å². The molecule has 0 saturated carbocycles. The first-order chi connectivity index (χ1) is 4.83. The van der Waals surface area contributed by atoms with E-state index in [2.05, 4.69) is 9.47 Å². The van der Waals surface area contributed by atoms with Gasteiger partial charge in [-0.2, -0.15) is 0 Å². The Hall–Kier alpha value is 1.42. The number of hydrogen-bond donors (Lipinski definition) is 0. The van der Waals surface area contributed by atoms with E-state index >= 15 is 0 Å². The van der Waals surface area contributed by atoms with Gasteiger partial charge < -0.3 is 19.7 Å². The van der Waals surface area contributed by atoms with Crippen LogP contribution >= 0.6 is 0 Å². The molecule has 1 radical (unpaired) electrons. The molecule has 0 N–H and O–H groups in total. The van der Waals surface area contributed by atoms with Crippen LogP contribution in [0.15, 0.2) is 0 Å². The zero-order chi connectivity index (χ0) is 8.24.